The Kier molecular flexibility index (Phi) is 7.76. The summed E-state index contributed by atoms with van der Waals surface area (Å²) >= 11 is 12.0. The van der Waals surface area contributed by atoms with Gasteiger partial charge in [0.05, 0.1) is 16.1 Å². The van der Waals surface area contributed by atoms with Crippen LogP contribution in [0.25, 0.3) is 0 Å². The fourth-order valence-electron chi connectivity index (χ4n) is 2.29. The van der Waals surface area contributed by atoms with Crippen LogP contribution in [0, 0.1) is 0 Å². The second-order valence-electron chi connectivity index (χ2n) is 5.83. The van der Waals surface area contributed by atoms with Gasteiger partial charge in [-0.15, -0.1) is 0 Å². The second kappa shape index (κ2) is 10.0. The van der Waals surface area contributed by atoms with Gasteiger partial charge >= 0.3 is 0 Å². The van der Waals surface area contributed by atoms with Gasteiger partial charge in [0.1, 0.15) is 12.3 Å². The number of amides is 1. The van der Waals surface area contributed by atoms with Crippen molar-refractivity contribution in [2.24, 2.45) is 4.99 Å². The third-order valence-corrected chi connectivity index (χ3v) is 4.41. The first kappa shape index (κ1) is 20.9. The molecule has 0 saturated heterocycles. The van der Waals surface area contributed by atoms with Gasteiger partial charge in [0.15, 0.2) is 5.96 Å². The molecule has 1 atom stereocenters. The number of aromatic hydroxyl groups is 1. The Morgan fingerprint density at radius 3 is 2.48 bits per heavy atom. The Morgan fingerprint density at radius 1 is 1.15 bits per heavy atom. The van der Waals surface area contributed by atoms with Gasteiger partial charge in [-0.05, 0) is 55.8 Å². The molecule has 0 heterocycles. The van der Waals surface area contributed by atoms with Gasteiger partial charge in [0.25, 0.3) is 0 Å². The lowest BCUT2D eigenvalue weighted by Crippen LogP contribution is -2.39. The van der Waals surface area contributed by atoms with E-state index in [2.05, 4.69) is 20.9 Å². The van der Waals surface area contributed by atoms with E-state index < -0.39 is 0 Å². The number of nitrogens with one attached hydrogen (secondary N) is 3. The minimum Gasteiger partial charge on any atom is -0.508 e. The van der Waals surface area contributed by atoms with Gasteiger partial charge < -0.3 is 21.1 Å². The fraction of sp³-hybridized carbons (Fsp3) is 0.263. The summed E-state index contributed by atoms with van der Waals surface area (Å²) in [6, 6.07) is 11.6. The number of carbonyl (C=O) groups is 1. The van der Waals surface area contributed by atoms with Crippen LogP contribution in [0.15, 0.2) is 47.5 Å². The largest absolute Gasteiger partial charge is 0.508 e. The summed E-state index contributed by atoms with van der Waals surface area (Å²) in [5.74, 6) is 0.387. The van der Waals surface area contributed by atoms with Gasteiger partial charge in [-0.25, -0.2) is 4.99 Å². The van der Waals surface area contributed by atoms with Crippen LogP contribution in [-0.2, 0) is 4.79 Å². The summed E-state index contributed by atoms with van der Waals surface area (Å²) in [7, 11) is 0. The number of phenolic OH excluding ortho intramolecular Hbond substituents is 1. The Hall–Kier alpha value is -2.44. The van der Waals surface area contributed by atoms with Crippen molar-refractivity contribution in [1.82, 2.24) is 10.6 Å². The molecule has 0 radical (unpaired) electrons. The highest BCUT2D eigenvalue weighted by atomic mass is 35.5. The first-order valence-corrected chi connectivity index (χ1v) is 9.23. The molecule has 0 aliphatic rings. The van der Waals surface area contributed by atoms with Crippen LogP contribution in [0.5, 0.6) is 5.75 Å². The van der Waals surface area contributed by atoms with Gasteiger partial charge in [0, 0.05) is 12.2 Å². The Balaban J connectivity index is 1.98. The molecule has 0 spiro atoms. The monoisotopic (exact) mass is 408 g/mol. The molecule has 1 amide bonds. The van der Waals surface area contributed by atoms with Crippen molar-refractivity contribution in [3.05, 3.63) is 58.1 Å². The summed E-state index contributed by atoms with van der Waals surface area (Å²) in [4.78, 5) is 16.4. The van der Waals surface area contributed by atoms with Gasteiger partial charge in [-0.2, -0.15) is 0 Å². The molecule has 6 nitrogen and oxygen atoms in total. The SMILES string of the molecule is CCNC(=NCC(=O)Nc1ccc(O)cc1)NC(C)c1ccc(Cl)c(Cl)c1. The van der Waals surface area contributed by atoms with E-state index in [1.807, 2.05) is 19.9 Å². The van der Waals surface area contributed by atoms with Gasteiger partial charge in [-0.1, -0.05) is 29.3 Å². The molecule has 0 aliphatic carbocycles. The molecule has 2 aromatic carbocycles. The van der Waals surface area contributed by atoms with Crippen LogP contribution in [0.1, 0.15) is 25.5 Å². The zero-order chi connectivity index (χ0) is 19.8. The highest BCUT2D eigenvalue weighted by molar-refractivity contribution is 6.42. The van der Waals surface area contributed by atoms with Crippen molar-refractivity contribution < 1.29 is 9.90 Å². The van der Waals surface area contributed by atoms with E-state index in [1.54, 1.807) is 24.3 Å². The molecule has 2 rings (SSSR count). The van der Waals surface area contributed by atoms with Crippen LogP contribution in [0.4, 0.5) is 5.69 Å². The Labute approximate surface area is 168 Å². The number of aliphatic imine (C=N–C) groups is 1. The number of nitrogens with zero attached hydrogens (tertiary/aromatic N) is 1. The summed E-state index contributed by atoms with van der Waals surface area (Å²) in [5, 5.41) is 19.3. The van der Waals surface area contributed by atoms with E-state index in [0.717, 1.165) is 5.56 Å². The molecular formula is C19H22Cl2N4O2. The summed E-state index contributed by atoms with van der Waals surface area (Å²) in [6.45, 7) is 4.50. The number of guanidine groups is 1. The standard InChI is InChI=1S/C19H22Cl2N4O2/c1-3-22-19(24-12(2)13-4-9-16(20)17(21)10-13)23-11-18(27)25-14-5-7-15(26)8-6-14/h4-10,12,26H,3,11H2,1-2H3,(H,25,27)(H2,22,23,24). The van der Waals surface area contributed by atoms with Crippen molar-refractivity contribution in [2.45, 2.75) is 19.9 Å². The predicted molar refractivity (Wildman–Crippen MR) is 111 cm³/mol. The zero-order valence-electron chi connectivity index (χ0n) is 15.1. The van der Waals surface area contributed by atoms with E-state index in [1.165, 1.54) is 12.1 Å². The highest BCUT2D eigenvalue weighted by Crippen LogP contribution is 2.25. The Morgan fingerprint density at radius 2 is 1.85 bits per heavy atom. The second-order valence-corrected chi connectivity index (χ2v) is 6.64. The molecule has 0 aliphatic heterocycles. The van der Waals surface area contributed by atoms with Crippen molar-refractivity contribution in [1.29, 1.82) is 0 Å². The van der Waals surface area contributed by atoms with Crippen LogP contribution < -0.4 is 16.0 Å². The lowest BCUT2D eigenvalue weighted by Gasteiger charge is -2.18. The molecule has 0 bridgehead atoms. The lowest BCUT2D eigenvalue weighted by atomic mass is 10.1. The molecule has 144 valence electrons. The highest BCUT2D eigenvalue weighted by Gasteiger charge is 2.10. The molecule has 0 saturated carbocycles. The lowest BCUT2D eigenvalue weighted by molar-refractivity contribution is -0.114. The number of carbonyl (C=O) groups excluding carboxylic acids is 1. The summed E-state index contributed by atoms with van der Waals surface area (Å²) in [5.41, 5.74) is 1.54. The van der Waals surface area contributed by atoms with Crippen LogP contribution in [0.3, 0.4) is 0 Å². The first-order valence-electron chi connectivity index (χ1n) is 8.47. The number of hydrogen-bond acceptors (Lipinski definition) is 3. The van der Waals surface area contributed by atoms with Crippen LogP contribution >= 0.6 is 23.2 Å². The van der Waals surface area contributed by atoms with Crippen LogP contribution in [-0.4, -0.2) is 30.1 Å². The number of hydrogen-bond donors (Lipinski definition) is 4. The molecule has 8 heteroatoms. The first-order chi connectivity index (χ1) is 12.9. The van der Waals surface area contributed by atoms with E-state index in [-0.39, 0.29) is 24.2 Å². The normalized spacial score (nSPS) is 12.4. The number of anilines is 1. The van der Waals surface area contributed by atoms with Crippen LogP contribution in [0.2, 0.25) is 10.0 Å². The summed E-state index contributed by atoms with van der Waals surface area (Å²) < 4.78 is 0. The molecule has 4 N–H and O–H groups in total. The minimum absolute atomic E-state index is 0.0513. The maximum absolute atomic E-state index is 12.1. The smallest absolute Gasteiger partial charge is 0.246 e. The fourth-order valence-corrected chi connectivity index (χ4v) is 2.59. The van der Waals surface area contributed by atoms with Crippen molar-refractivity contribution in [3.8, 4) is 5.75 Å². The maximum atomic E-state index is 12.1. The number of halogens is 2. The molecule has 1 unspecified atom stereocenters. The molecule has 0 aromatic heterocycles. The zero-order valence-corrected chi connectivity index (χ0v) is 16.6. The van der Waals surface area contributed by atoms with Crippen molar-refractivity contribution in [3.63, 3.8) is 0 Å². The molecule has 0 fully saturated rings. The maximum Gasteiger partial charge on any atom is 0.246 e. The van der Waals surface area contributed by atoms with Crippen molar-refractivity contribution in [2.75, 3.05) is 18.4 Å². The number of phenols is 1. The third kappa shape index (κ3) is 6.66. The van der Waals surface area contributed by atoms with E-state index >= 15 is 0 Å². The Bertz CT molecular complexity index is 810. The topological polar surface area (TPSA) is 85.8 Å². The van der Waals surface area contributed by atoms with E-state index in [0.29, 0.717) is 28.2 Å². The van der Waals surface area contributed by atoms with Gasteiger partial charge in [0.2, 0.25) is 5.91 Å². The summed E-state index contributed by atoms with van der Waals surface area (Å²) in [6.07, 6.45) is 0. The predicted octanol–water partition coefficient (Wildman–Crippen LogP) is 3.95. The van der Waals surface area contributed by atoms with Gasteiger partial charge in [-0.3, -0.25) is 4.79 Å². The number of rotatable bonds is 6. The number of benzene rings is 2. The third-order valence-electron chi connectivity index (χ3n) is 3.67. The molecule has 27 heavy (non-hydrogen) atoms. The van der Waals surface area contributed by atoms with E-state index in [4.69, 9.17) is 23.2 Å². The average Bonchev–Trinajstić information content (AvgIpc) is 2.64. The minimum atomic E-state index is -0.264. The quantitative estimate of drug-likeness (QED) is 0.331. The molecule has 2 aromatic rings. The average molecular weight is 409 g/mol. The van der Waals surface area contributed by atoms with E-state index in [9.17, 15) is 9.90 Å². The molecular weight excluding hydrogens is 387 g/mol. The van der Waals surface area contributed by atoms with Crippen molar-refractivity contribution >= 4 is 40.8 Å².